The van der Waals surface area contributed by atoms with Gasteiger partial charge in [-0.05, 0) is 18.9 Å². The van der Waals surface area contributed by atoms with Crippen molar-refractivity contribution in [3.63, 3.8) is 0 Å². The molecule has 0 aliphatic carbocycles. The first-order chi connectivity index (χ1) is 9.28. The van der Waals surface area contributed by atoms with Crippen molar-refractivity contribution in [1.82, 2.24) is 5.43 Å². The zero-order chi connectivity index (χ0) is 14.1. The predicted molar refractivity (Wildman–Crippen MR) is 78.0 cm³/mol. The molecule has 0 saturated carbocycles. The Hall–Kier alpha value is -1.10. The molecule has 2 unspecified atom stereocenters. The molecule has 0 heterocycles. The van der Waals surface area contributed by atoms with Gasteiger partial charge in [0.1, 0.15) is 5.75 Å². The lowest BCUT2D eigenvalue weighted by molar-refractivity contribution is 0.0596. The van der Waals surface area contributed by atoms with Crippen LogP contribution < -0.4 is 16.0 Å². The van der Waals surface area contributed by atoms with Crippen LogP contribution in [0.5, 0.6) is 5.75 Å². The first kappa shape index (κ1) is 16.0. The molecule has 0 fully saturated rings. The van der Waals surface area contributed by atoms with Crippen molar-refractivity contribution in [3.8, 4) is 5.75 Å². The molecule has 4 nitrogen and oxygen atoms in total. The van der Waals surface area contributed by atoms with E-state index in [1.165, 1.54) is 0 Å². The minimum Gasteiger partial charge on any atom is -0.493 e. The monoisotopic (exact) mass is 266 g/mol. The van der Waals surface area contributed by atoms with Gasteiger partial charge in [-0.15, -0.1) is 0 Å². The molecular weight excluding hydrogens is 240 g/mol. The fraction of sp³-hybridized carbons (Fsp3) is 0.600. The average molecular weight is 266 g/mol. The van der Waals surface area contributed by atoms with Crippen molar-refractivity contribution in [1.29, 1.82) is 0 Å². The number of hydrogen-bond acceptors (Lipinski definition) is 4. The summed E-state index contributed by atoms with van der Waals surface area (Å²) in [6, 6.07) is 7.93. The van der Waals surface area contributed by atoms with E-state index in [-0.39, 0.29) is 12.1 Å². The summed E-state index contributed by atoms with van der Waals surface area (Å²) in [5.41, 5.74) is 3.92. The Labute approximate surface area is 116 Å². The Bertz CT molecular complexity index is 358. The van der Waals surface area contributed by atoms with E-state index in [1.807, 2.05) is 24.3 Å². The lowest BCUT2D eigenvalue weighted by Crippen LogP contribution is -2.37. The molecule has 0 radical (unpaired) electrons. The Balaban J connectivity index is 2.95. The number of ether oxygens (including phenoxy) is 2. The first-order valence-electron chi connectivity index (χ1n) is 6.99. The summed E-state index contributed by atoms with van der Waals surface area (Å²) >= 11 is 0. The van der Waals surface area contributed by atoms with Crippen molar-refractivity contribution < 1.29 is 9.47 Å². The van der Waals surface area contributed by atoms with Crippen LogP contribution in [0.3, 0.4) is 0 Å². The first-order valence-corrected chi connectivity index (χ1v) is 6.99. The number of para-hydroxylation sites is 1. The molecule has 1 aromatic carbocycles. The molecule has 108 valence electrons. The standard InChI is InChI=1S/C15H26N2O2/c1-4-8-14(18-3)15(17-16)12-9-6-7-10-13(12)19-11-5-2/h6-7,9-10,14-15,17H,4-5,8,11,16H2,1-3H3. The van der Waals surface area contributed by atoms with Crippen LogP contribution in [0.4, 0.5) is 0 Å². The summed E-state index contributed by atoms with van der Waals surface area (Å²) in [5.74, 6) is 6.60. The number of nitrogens with one attached hydrogen (secondary N) is 1. The summed E-state index contributed by atoms with van der Waals surface area (Å²) < 4.78 is 11.4. The Morgan fingerprint density at radius 2 is 1.95 bits per heavy atom. The van der Waals surface area contributed by atoms with Crippen LogP contribution in [0.2, 0.25) is 0 Å². The van der Waals surface area contributed by atoms with Crippen LogP contribution in [0.15, 0.2) is 24.3 Å². The largest absolute Gasteiger partial charge is 0.493 e. The molecule has 4 heteroatoms. The number of hydrazine groups is 1. The highest BCUT2D eigenvalue weighted by molar-refractivity contribution is 5.36. The SMILES string of the molecule is CCCOc1ccccc1C(NN)C(CCC)OC. The van der Waals surface area contributed by atoms with Crippen LogP contribution in [0, 0.1) is 0 Å². The van der Waals surface area contributed by atoms with E-state index in [1.54, 1.807) is 7.11 Å². The topological polar surface area (TPSA) is 56.5 Å². The number of benzene rings is 1. The Kier molecular flexibility index (Phi) is 7.48. The van der Waals surface area contributed by atoms with E-state index in [9.17, 15) is 0 Å². The maximum atomic E-state index is 5.79. The third-order valence-electron chi connectivity index (χ3n) is 3.14. The fourth-order valence-electron chi connectivity index (χ4n) is 2.18. The quantitative estimate of drug-likeness (QED) is 0.533. The van der Waals surface area contributed by atoms with Gasteiger partial charge in [0.05, 0.1) is 18.8 Å². The lowest BCUT2D eigenvalue weighted by Gasteiger charge is -2.27. The molecule has 3 N–H and O–H groups in total. The third-order valence-corrected chi connectivity index (χ3v) is 3.14. The van der Waals surface area contributed by atoms with Crippen molar-refractivity contribution in [2.24, 2.45) is 5.84 Å². The van der Waals surface area contributed by atoms with Crippen molar-refractivity contribution >= 4 is 0 Å². The lowest BCUT2D eigenvalue weighted by atomic mass is 9.98. The number of hydrogen-bond donors (Lipinski definition) is 2. The number of nitrogens with two attached hydrogens (primary N) is 1. The molecule has 1 aromatic rings. The highest BCUT2D eigenvalue weighted by Gasteiger charge is 2.24. The van der Waals surface area contributed by atoms with Gasteiger partial charge in [-0.25, -0.2) is 0 Å². The molecule has 1 rings (SSSR count). The Morgan fingerprint density at radius 1 is 1.21 bits per heavy atom. The molecule has 0 spiro atoms. The second kappa shape index (κ2) is 8.91. The van der Waals surface area contributed by atoms with E-state index in [0.29, 0.717) is 6.61 Å². The predicted octanol–water partition coefficient (Wildman–Crippen LogP) is 2.79. The summed E-state index contributed by atoms with van der Waals surface area (Å²) in [4.78, 5) is 0. The number of rotatable bonds is 9. The molecule has 0 bridgehead atoms. The molecule has 19 heavy (non-hydrogen) atoms. The summed E-state index contributed by atoms with van der Waals surface area (Å²) in [7, 11) is 1.72. The maximum absolute atomic E-state index is 5.79. The van der Waals surface area contributed by atoms with E-state index < -0.39 is 0 Å². The van der Waals surface area contributed by atoms with Gasteiger partial charge in [0.15, 0.2) is 0 Å². The average Bonchev–Trinajstić information content (AvgIpc) is 2.46. The molecule has 0 saturated heterocycles. The third kappa shape index (κ3) is 4.49. The van der Waals surface area contributed by atoms with Crippen LogP contribution in [0.1, 0.15) is 44.7 Å². The van der Waals surface area contributed by atoms with Gasteiger partial charge in [-0.1, -0.05) is 38.5 Å². The zero-order valence-corrected chi connectivity index (χ0v) is 12.2. The van der Waals surface area contributed by atoms with Gasteiger partial charge in [0.2, 0.25) is 0 Å². The molecule has 0 aromatic heterocycles. The van der Waals surface area contributed by atoms with E-state index in [4.69, 9.17) is 15.3 Å². The minimum atomic E-state index is -0.0574. The van der Waals surface area contributed by atoms with Crippen LogP contribution in [-0.2, 0) is 4.74 Å². The van der Waals surface area contributed by atoms with Gasteiger partial charge in [0, 0.05) is 12.7 Å². The number of methoxy groups -OCH3 is 1. The van der Waals surface area contributed by atoms with Gasteiger partial charge >= 0.3 is 0 Å². The second-order valence-electron chi connectivity index (χ2n) is 4.59. The fourth-order valence-corrected chi connectivity index (χ4v) is 2.18. The summed E-state index contributed by atoms with van der Waals surface area (Å²) in [6.45, 7) is 4.94. The van der Waals surface area contributed by atoms with E-state index >= 15 is 0 Å². The molecule has 0 aliphatic rings. The molecule has 0 aliphatic heterocycles. The van der Waals surface area contributed by atoms with Crippen LogP contribution in [-0.4, -0.2) is 19.8 Å². The van der Waals surface area contributed by atoms with Crippen molar-refractivity contribution in [2.45, 2.75) is 45.3 Å². The van der Waals surface area contributed by atoms with E-state index in [0.717, 1.165) is 30.6 Å². The van der Waals surface area contributed by atoms with Gasteiger partial charge in [-0.3, -0.25) is 11.3 Å². The van der Waals surface area contributed by atoms with Gasteiger partial charge < -0.3 is 9.47 Å². The highest BCUT2D eigenvalue weighted by Crippen LogP contribution is 2.29. The smallest absolute Gasteiger partial charge is 0.124 e. The van der Waals surface area contributed by atoms with E-state index in [2.05, 4.69) is 19.3 Å². The molecular formula is C15H26N2O2. The summed E-state index contributed by atoms with van der Waals surface area (Å²) in [5, 5.41) is 0. The van der Waals surface area contributed by atoms with Crippen molar-refractivity contribution in [3.05, 3.63) is 29.8 Å². The molecule has 0 amide bonds. The highest BCUT2D eigenvalue weighted by atomic mass is 16.5. The van der Waals surface area contributed by atoms with Crippen LogP contribution >= 0.6 is 0 Å². The van der Waals surface area contributed by atoms with Crippen molar-refractivity contribution in [2.75, 3.05) is 13.7 Å². The minimum absolute atomic E-state index is 0.0429. The maximum Gasteiger partial charge on any atom is 0.124 e. The van der Waals surface area contributed by atoms with Gasteiger partial charge in [0.25, 0.3) is 0 Å². The zero-order valence-electron chi connectivity index (χ0n) is 12.2. The summed E-state index contributed by atoms with van der Waals surface area (Å²) in [6.07, 6.45) is 3.03. The Morgan fingerprint density at radius 3 is 2.53 bits per heavy atom. The van der Waals surface area contributed by atoms with Crippen LogP contribution in [0.25, 0.3) is 0 Å². The molecule has 2 atom stereocenters. The van der Waals surface area contributed by atoms with Gasteiger partial charge in [-0.2, -0.15) is 0 Å². The second-order valence-corrected chi connectivity index (χ2v) is 4.59. The normalized spacial score (nSPS) is 14.1.